The average Bonchev–Trinajstić information content (AvgIpc) is 2.15. The van der Waals surface area contributed by atoms with Gasteiger partial charge in [0.2, 0.25) is 6.04 Å². The Balaban J connectivity index is -0.0000000457. The molecular formula is C8H15NNa4O8. The second kappa shape index (κ2) is 18.2. The number of rotatable bonds is 8. The fourth-order valence-electron chi connectivity index (χ4n) is 0.995. The van der Waals surface area contributed by atoms with Gasteiger partial charge in [-0.2, -0.15) is 0 Å². The molecule has 0 aromatic heterocycles. The van der Waals surface area contributed by atoms with Gasteiger partial charge in [-0.3, -0.25) is 14.9 Å². The molecule has 0 heterocycles. The number of carboxylic acids is 4. The molecule has 0 radical (unpaired) electrons. The Kier molecular flexibility index (Phi) is 29.6. The number of hydrogen-bond donors (Lipinski definition) is 5. The Bertz CT molecular complexity index is 355. The summed E-state index contributed by atoms with van der Waals surface area (Å²) in [7, 11) is 0. The van der Waals surface area contributed by atoms with E-state index in [2.05, 4.69) is 0 Å². The predicted octanol–water partition coefficient (Wildman–Crippen LogP) is -13.1. The minimum Gasteiger partial charge on any atom is -1.00 e. The molecule has 13 heteroatoms. The van der Waals surface area contributed by atoms with E-state index in [0.29, 0.717) is 0 Å². The Hall–Kier alpha value is 1.84. The van der Waals surface area contributed by atoms with E-state index in [0.717, 1.165) is 0 Å². The topological polar surface area (TPSA) is 161 Å². The van der Waals surface area contributed by atoms with E-state index in [4.69, 9.17) is 20.4 Å². The van der Waals surface area contributed by atoms with Crippen LogP contribution in [0.5, 0.6) is 0 Å². The zero-order valence-corrected chi connectivity index (χ0v) is 20.5. The van der Waals surface area contributed by atoms with Crippen molar-refractivity contribution in [2.24, 2.45) is 0 Å². The molecular weight excluding hydrogens is 330 g/mol. The van der Waals surface area contributed by atoms with E-state index in [9.17, 15) is 19.2 Å². The van der Waals surface area contributed by atoms with E-state index < -0.39 is 48.8 Å². The molecule has 21 heavy (non-hydrogen) atoms. The first-order chi connectivity index (χ1) is 7.75. The number of hydrogen-bond acceptors (Lipinski definition) is 5. The molecule has 9 nitrogen and oxygen atoms in total. The monoisotopic (exact) mass is 345 g/mol. The number of aliphatic carboxylic acids is 4. The second-order valence-corrected chi connectivity index (χ2v) is 3.10. The molecule has 0 saturated heterocycles. The molecule has 1 atom stereocenters. The fraction of sp³-hybridized carbons (Fsp3) is 0.500. The maximum Gasteiger partial charge on any atom is 1.00 e. The van der Waals surface area contributed by atoms with Crippen molar-refractivity contribution in [3.8, 4) is 0 Å². The largest absolute Gasteiger partial charge is 1.00 e. The third kappa shape index (κ3) is 16.5. The molecule has 0 rings (SSSR count). The molecule has 0 aromatic carbocycles. The summed E-state index contributed by atoms with van der Waals surface area (Å²) in [4.78, 5) is 41.8. The summed E-state index contributed by atoms with van der Waals surface area (Å²) in [5.41, 5.74) is 0. The van der Waals surface area contributed by atoms with Gasteiger partial charge in [0.1, 0.15) is 6.04 Å². The van der Waals surface area contributed by atoms with Gasteiger partial charge in [0.05, 0.1) is 0 Å². The molecule has 0 aliphatic heterocycles. The SMILES string of the molecule is O=C(O)CC[C@@H](NC(C(=O)O)C(=O)O)C(=O)O.[H-].[H-].[H-].[H-].[Na+].[Na+].[Na+].[Na+]. The van der Waals surface area contributed by atoms with Crippen LogP contribution in [-0.4, -0.2) is 56.4 Å². The van der Waals surface area contributed by atoms with E-state index in [1.54, 1.807) is 0 Å². The minimum atomic E-state index is -2.09. The van der Waals surface area contributed by atoms with Crippen LogP contribution in [0.2, 0.25) is 0 Å². The normalized spacial score (nSPS) is 9.76. The van der Waals surface area contributed by atoms with Gasteiger partial charge in [-0.05, 0) is 6.42 Å². The Labute approximate surface area is 214 Å². The van der Waals surface area contributed by atoms with Gasteiger partial charge in [0.25, 0.3) is 0 Å². The standard InChI is InChI=1S/C8H11NO8.4Na.4H/c10-4(11)2-1-3(6(12)13)9-5(7(14)15)8(16)17;;;;;;;;/h3,5,9H,1-2H2,(H,10,11)(H,12,13)(H,14,15)(H,16,17);;;;;;;;/q;4*+1;4*-1/t3-;;;;;;;;/m1......../s1. The summed E-state index contributed by atoms with van der Waals surface area (Å²) in [6.45, 7) is 0. The van der Waals surface area contributed by atoms with Crippen molar-refractivity contribution in [2.75, 3.05) is 0 Å². The molecule has 0 aromatic rings. The van der Waals surface area contributed by atoms with Crippen molar-refractivity contribution in [2.45, 2.75) is 24.9 Å². The average molecular weight is 345 g/mol. The summed E-state index contributed by atoms with van der Waals surface area (Å²) >= 11 is 0. The van der Waals surface area contributed by atoms with E-state index in [1.165, 1.54) is 0 Å². The van der Waals surface area contributed by atoms with Gasteiger partial charge in [-0.15, -0.1) is 0 Å². The van der Waals surface area contributed by atoms with Crippen LogP contribution >= 0.6 is 0 Å². The second-order valence-electron chi connectivity index (χ2n) is 3.10. The number of nitrogens with one attached hydrogen (secondary N) is 1. The smallest absolute Gasteiger partial charge is 1.00 e. The number of carboxylic acid groups (broad SMARTS) is 4. The van der Waals surface area contributed by atoms with Gasteiger partial charge in [0, 0.05) is 6.42 Å². The van der Waals surface area contributed by atoms with Crippen molar-refractivity contribution in [3.05, 3.63) is 0 Å². The van der Waals surface area contributed by atoms with Crippen LogP contribution in [0.25, 0.3) is 0 Å². The molecule has 0 unspecified atom stereocenters. The Morgan fingerprint density at radius 2 is 1.19 bits per heavy atom. The molecule has 0 bridgehead atoms. The molecule has 0 aliphatic rings. The minimum absolute atomic E-state index is 0. The van der Waals surface area contributed by atoms with Crippen LogP contribution in [0, 0.1) is 0 Å². The van der Waals surface area contributed by atoms with Crippen LogP contribution in [0.15, 0.2) is 0 Å². The Morgan fingerprint density at radius 3 is 1.43 bits per heavy atom. The van der Waals surface area contributed by atoms with Crippen LogP contribution in [0.1, 0.15) is 18.5 Å². The van der Waals surface area contributed by atoms with E-state index in [-0.39, 0.29) is 124 Å². The summed E-state index contributed by atoms with van der Waals surface area (Å²) in [6, 6.07) is -3.65. The third-order valence-electron chi connectivity index (χ3n) is 1.81. The van der Waals surface area contributed by atoms with Crippen LogP contribution in [0.3, 0.4) is 0 Å². The molecule has 0 amide bonds. The van der Waals surface area contributed by atoms with Crippen molar-refractivity contribution in [1.29, 1.82) is 0 Å². The van der Waals surface area contributed by atoms with Crippen molar-refractivity contribution >= 4 is 23.9 Å². The quantitative estimate of drug-likeness (QED) is 0.212. The first-order valence-electron chi connectivity index (χ1n) is 4.42. The predicted molar refractivity (Wildman–Crippen MR) is 54.9 cm³/mol. The first kappa shape index (κ1) is 34.2. The maximum atomic E-state index is 10.7. The maximum absolute atomic E-state index is 10.7. The summed E-state index contributed by atoms with van der Waals surface area (Å²) < 4.78 is 0. The van der Waals surface area contributed by atoms with Crippen molar-refractivity contribution < 1.29 is 164 Å². The van der Waals surface area contributed by atoms with Gasteiger partial charge >= 0.3 is 142 Å². The Morgan fingerprint density at radius 1 is 0.810 bits per heavy atom. The van der Waals surface area contributed by atoms with Crippen LogP contribution in [0.4, 0.5) is 0 Å². The molecule has 5 N–H and O–H groups in total. The summed E-state index contributed by atoms with van der Waals surface area (Å²) in [6.07, 6.45) is -0.933. The zero-order chi connectivity index (χ0) is 13.6. The summed E-state index contributed by atoms with van der Waals surface area (Å²) in [5, 5.41) is 35.8. The summed E-state index contributed by atoms with van der Waals surface area (Å²) in [5.74, 6) is -6.28. The molecule has 0 spiro atoms. The molecule has 0 aliphatic carbocycles. The third-order valence-corrected chi connectivity index (χ3v) is 1.81. The molecule has 0 fully saturated rings. The van der Waals surface area contributed by atoms with Crippen LogP contribution in [-0.2, 0) is 19.2 Å². The van der Waals surface area contributed by atoms with E-state index in [1.807, 2.05) is 5.32 Å². The van der Waals surface area contributed by atoms with Crippen LogP contribution < -0.4 is 124 Å². The molecule has 0 saturated carbocycles. The van der Waals surface area contributed by atoms with Gasteiger partial charge < -0.3 is 26.1 Å². The van der Waals surface area contributed by atoms with Crippen molar-refractivity contribution in [3.63, 3.8) is 0 Å². The van der Waals surface area contributed by atoms with E-state index >= 15 is 0 Å². The number of carbonyl (C=O) groups is 4. The van der Waals surface area contributed by atoms with Gasteiger partial charge in [0.15, 0.2) is 0 Å². The fourth-order valence-corrected chi connectivity index (χ4v) is 0.995. The zero-order valence-electron chi connectivity index (χ0n) is 16.5. The van der Waals surface area contributed by atoms with Gasteiger partial charge in [-0.1, -0.05) is 0 Å². The van der Waals surface area contributed by atoms with Gasteiger partial charge in [-0.25, -0.2) is 9.59 Å². The first-order valence-corrected chi connectivity index (χ1v) is 4.42. The van der Waals surface area contributed by atoms with Crippen molar-refractivity contribution in [1.82, 2.24) is 5.32 Å². The molecule has 104 valence electrons.